The second kappa shape index (κ2) is 10.3. The molecule has 0 aliphatic carbocycles. The van der Waals surface area contributed by atoms with Crippen molar-refractivity contribution in [3.05, 3.63) is 65.2 Å². The summed E-state index contributed by atoms with van der Waals surface area (Å²) >= 11 is 0. The van der Waals surface area contributed by atoms with E-state index in [-0.39, 0.29) is 25.0 Å². The Morgan fingerprint density at radius 3 is 2.77 bits per heavy atom. The van der Waals surface area contributed by atoms with Gasteiger partial charge in [-0.2, -0.15) is 5.26 Å². The van der Waals surface area contributed by atoms with Crippen LogP contribution in [0.1, 0.15) is 30.0 Å². The van der Waals surface area contributed by atoms with Crippen molar-refractivity contribution in [1.29, 1.82) is 5.26 Å². The summed E-state index contributed by atoms with van der Waals surface area (Å²) in [5, 5.41) is 8.97. The Balaban J connectivity index is 1.53. The van der Waals surface area contributed by atoms with Crippen molar-refractivity contribution in [2.75, 3.05) is 19.8 Å². The first-order valence-electron chi connectivity index (χ1n) is 9.89. The molecule has 0 radical (unpaired) electrons. The van der Waals surface area contributed by atoms with E-state index in [2.05, 4.69) is 6.07 Å². The van der Waals surface area contributed by atoms with E-state index in [1.165, 1.54) is 0 Å². The van der Waals surface area contributed by atoms with Gasteiger partial charge in [-0.05, 0) is 48.7 Å². The van der Waals surface area contributed by atoms with Crippen LogP contribution in [0.25, 0.3) is 0 Å². The van der Waals surface area contributed by atoms with Crippen molar-refractivity contribution < 1.29 is 23.8 Å². The Hall–Kier alpha value is -3.53. The van der Waals surface area contributed by atoms with E-state index < -0.39 is 6.09 Å². The maximum atomic E-state index is 12.0. The molecular weight excluding hydrogens is 384 g/mol. The minimum absolute atomic E-state index is 0.118. The number of benzene rings is 2. The highest BCUT2D eigenvalue weighted by Crippen LogP contribution is 2.20. The smallest absolute Gasteiger partial charge is 0.410 e. The minimum Gasteiger partial charge on any atom is -0.489 e. The van der Waals surface area contributed by atoms with Crippen LogP contribution in [0.15, 0.2) is 48.5 Å². The van der Waals surface area contributed by atoms with E-state index in [1.54, 1.807) is 24.0 Å². The van der Waals surface area contributed by atoms with Crippen LogP contribution < -0.4 is 4.74 Å². The lowest BCUT2D eigenvalue weighted by atomic mass is 10.1. The van der Waals surface area contributed by atoms with Gasteiger partial charge < -0.3 is 19.1 Å². The van der Waals surface area contributed by atoms with E-state index in [9.17, 15) is 9.59 Å². The molecule has 7 nitrogen and oxygen atoms in total. The first-order valence-corrected chi connectivity index (χ1v) is 9.89. The molecule has 2 aromatic rings. The summed E-state index contributed by atoms with van der Waals surface area (Å²) in [6.45, 7) is 3.04. The average Bonchev–Trinajstić information content (AvgIpc) is 3.11. The van der Waals surface area contributed by atoms with Crippen LogP contribution in [0.3, 0.4) is 0 Å². The summed E-state index contributed by atoms with van der Waals surface area (Å²) in [6.07, 6.45) is 0.377. The molecule has 1 amide bonds. The number of carbonyl (C=O) groups is 2. The Bertz CT molecular complexity index is 920. The molecule has 30 heavy (non-hydrogen) atoms. The Morgan fingerprint density at radius 1 is 1.23 bits per heavy atom. The number of nitriles is 1. The van der Waals surface area contributed by atoms with Crippen molar-refractivity contribution in [3.8, 4) is 11.8 Å². The molecule has 0 unspecified atom stereocenters. The van der Waals surface area contributed by atoms with Crippen LogP contribution in [0.2, 0.25) is 0 Å². The average molecular weight is 408 g/mol. The van der Waals surface area contributed by atoms with Crippen LogP contribution in [0, 0.1) is 11.3 Å². The number of esters is 1. The first kappa shape index (κ1) is 21.2. The second-order valence-corrected chi connectivity index (χ2v) is 6.93. The van der Waals surface area contributed by atoms with Gasteiger partial charge in [0.05, 0.1) is 30.7 Å². The lowest BCUT2D eigenvalue weighted by Crippen LogP contribution is -2.36. The maximum absolute atomic E-state index is 12.0. The van der Waals surface area contributed by atoms with Crippen molar-refractivity contribution in [1.82, 2.24) is 4.90 Å². The highest BCUT2D eigenvalue weighted by atomic mass is 16.6. The number of amides is 1. The topological polar surface area (TPSA) is 88.9 Å². The van der Waals surface area contributed by atoms with Gasteiger partial charge >= 0.3 is 12.1 Å². The zero-order chi connectivity index (χ0) is 21.3. The van der Waals surface area contributed by atoms with E-state index in [0.29, 0.717) is 31.8 Å². The van der Waals surface area contributed by atoms with Gasteiger partial charge in [-0.1, -0.05) is 24.3 Å². The van der Waals surface area contributed by atoms with Gasteiger partial charge in [0, 0.05) is 6.54 Å². The lowest BCUT2D eigenvalue weighted by Gasteiger charge is -2.21. The number of carbonyl (C=O) groups excluding carboxylic acids is 2. The summed E-state index contributed by atoms with van der Waals surface area (Å²) < 4.78 is 15.9. The Morgan fingerprint density at radius 2 is 2.03 bits per heavy atom. The van der Waals surface area contributed by atoms with Crippen LogP contribution >= 0.6 is 0 Å². The van der Waals surface area contributed by atoms with Gasteiger partial charge in [0.25, 0.3) is 0 Å². The molecule has 3 rings (SSSR count). The fraction of sp³-hybridized carbons (Fsp3) is 0.348. The van der Waals surface area contributed by atoms with E-state index in [0.717, 1.165) is 16.9 Å². The van der Waals surface area contributed by atoms with Crippen LogP contribution in [0.5, 0.6) is 5.75 Å². The third kappa shape index (κ3) is 5.74. The molecule has 1 atom stereocenters. The molecule has 0 bridgehead atoms. The molecule has 2 aromatic carbocycles. The zero-order valence-electron chi connectivity index (χ0n) is 16.9. The number of cyclic esters (lactones) is 1. The van der Waals surface area contributed by atoms with Gasteiger partial charge in [-0.15, -0.1) is 0 Å². The van der Waals surface area contributed by atoms with Crippen LogP contribution in [-0.4, -0.2) is 42.8 Å². The summed E-state index contributed by atoms with van der Waals surface area (Å²) in [4.78, 5) is 25.1. The van der Waals surface area contributed by atoms with Gasteiger partial charge in [0.1, 0.15) is 19.0 Å². The molecule has 1 aliphatic heterocycles. The van der Waals surface area contributed by atoms with Gasteiger partial charge in [0.2, 0.25) is 0 Å². The third-order valence-corrected chi connectivity index (χ3v) is 4.79. The zero-order valence-corrected chi connectivity index (χ0v) is 16.9. The van der Waals surface area contributed by atoms with Crippen LogP contribution in [0.4, 0.5) is 4.79 Å². The van der Waals surface area contributed by atoms with Crippen molar-refractivity contribution in [2.45, 2.75) is 32.4 Å². The lowest BCUT2D eigenvalue weighted by molar-refractivity contribution is -0.143. The number of ether oxygens (including phenoxy) is 3. The van der Waals surface area contributed by atoms with Gasteiger partial charge in [0.15, 0.2) is 0 Å². The quantitative estimate of drug-likeness (QED) is 0.591. The third-order valence-electron chi connectivity index (χ3n) is 4.79. The fourth-order valence-corrected chi connectivity index (χ4v) is 3.27. The number of rotatable bonds is 9. The molecule has 1 saturated heterocycles. The monoisotopic (exact) mass is 408 g/mol. The maximum Gasteiger partial charge on any atom is 0.410 e. The van der Waals surface area contributed by atoms with E-state index in [1.807, 2.05) is 36.4 Å². The van der Waals surface area contributed by atoms with Crippen molar-refractivity contribution in [3.63, 3.8) is 0 Å². The second-order valence-electron chi connectivity index (χ2n) is 6.93. The van der Waals surface area contributed by atoms with E-state index >= 15 is 0 Å². The number of nitrogens with zero attached hydrogens (tertiary/aromatic N) is 2. The first-order chi connectivity index (χ1) is 14.6. The predicted octanol–water partition coefficient (Wildman–Crippen LogP) is 3.45. The summed E-state index contributed by atoms with van der Waals surface area (Å²) in [6, 6.07) is 17.0. The molecule has 156 valence electrons. The molecule has 1 fully saturated rings. The summed E-state index contributed by atoms with van der Waals surface area (Å²) in [7, 11) is 0. The van der Waals surface area contributed by atoms with Crippen molar-refractivity contribution >= 4 is 12.1 Å². The summed E-state index contributed by atoms with van der Waals surface area (Å²) in [5.74, 6) is 0.400. The molecule has 7 heteroatoms. The highest BCUT2D eigenvalue weighted by molar-refractivity contribution is 5.73. The number of hydrogen-bond donors (Lipinski definition) is 0. The largest absolute Gasteiger partial charge is 0.489 e. The normalized spacial score (nSPS) is 15.4. The SMILES string of the molecule is CCOC(=O)CCN1C(=O)OC[C@@H]1Cc1ccc(OCc2cccc(C#N)c2)cc1. The van der Waals surface area contributed by atoms with Crippen LogP contribution in [-0.2, 0) is 27.3 Å². The standard InChI is InChI=1S/C23H24N2O5/c1-2-28-22(26)10-11-25-20(16-30-23(25)27)13-17-6-8-21(9-7-17)29-15-19-5-3-4-18(12-19)14-24/h3-9,12,20H,2,10-11,13,15-16H2,1H3/t20-/m0/s1. The Labute approximate surface area is 175 Å². The molecule has 0 aromatic heterocycles. The molecular formula is C23H24N2O5. The fourth-order valence-electron chi connectivity index (χ4n) is 3.27. The molecule has 0 N–H and O–H groups in total. The highest BCUT2D eigenvalue weighted by Gasteiger charge is 2.33. The minimum atomic E-state index is -0.399. The van der Waals surface area contributed by atoms with E-state index in [4.69, 9.17) is 19.5 Å². The summed E-state index contributed by atoms with van der Waals surface area (Å²) in [5.41, 5.74) is 2.57. The van der Waals surface area contributed by atoms with Gasteiger partial charge in [-0.3, -0.25) is 4.79 Å². The Kier molecular flexibility index (Phi) is 7.28. The van der Waals surface area contributed by atoms with Gasteiger partial charge in [-0.25, -0.2) is 4.79 Å². The molecule has 1 aliphatic rings. The predicted molar refractivity (Wildman–Crippen MR) is 109 cm³/mol. The molecule has 1 heterocycles. The number of hydrogen-bond acceptors (Lipinski definition) is 6. The van der Waals surface area contributed by atoms with Crippen molar-refractivity contribution in [2.24, 2.45) is 0 Å². The molecule has 0 saturated carbocycles. The molecule has 0 spiro atoms.